The third-order valence-corrected chi connectivity index (χ3v) is 1.62. The normalized spacial score (nSPS) is 7.80. The van der Waals surface area contributed by atoms with E-state index in [1.807, 2.05) is 13.0 Å². The summed E-state index contributed by atoms with van der Waals surface area (Å²) >= 11 is 0. The average molecular weight is 290 g/mol. The summed E-state index contributed by atoms with van der Waals surface area (Å²) in [6, 6.07) is 6.31. The second-order valence-electron chi connectivity index (χ2n) is 2.61. The van der Waals surface area contributed by atoms with Gasteiger partial charge in [0.15, 0.2) is 0 Å². The summed E-state index contributed by atoms with van der Waals surface area (Å²) in [4.78, 5) is 0. The van der Waals surface area contributed by atoms with Crippen LogP contribution in [0.25, 0.3) is 0 Å². The molecule has 0 saturated carbocycles. The van der Waals surface area contributed by atoms with E-state index in [0.29, 0.717) is 0 Å². The van der Waals surface area contributed by atoms with Crippen molar-refractivity contribution in [3.8, 4) is 0 Å². The maximum Gasteiger partial charge on any atom is 3.00 e. The van der Waals surface area contributed by atoms with Gasteiger partial charge in [-0.15, -0.1) is 0 Å². The van der Waals surface area contributed by atoms with E-state index in [9.17, 15) is 0 Å². The van der Waals surface area contributed by atoms with Gasteiger partial charge in [0.05, 0.1) is 0 Å². The molecule has 1 heteroatoms. The summed E-state index contributed by atoms with van der Waals surface area (Å²) in [7, 11) is 0. The first kappa shape index (κ1) is 19.9. The fraction of sp³-hybridized carbons (Fsp3) is 0.286. The Hall–Kier alpha value is -0.547. The number of rotatable bonds is 1. The number of hydrogen-bond acceptors (Lipinski definition) is 0. The van der Waals surface area contributed by atoms with Crippen molar-refractivity contribution in [2.45, 2.75) is 27.7 Å². The van der Waals surface area contributed by atoms with Gasteiger partial charge in [-0.1, -0.05) is 20.8 Å². The van der Waals surface area contributed by atoms with Gasteiger partial charge in [-0.25, -0.2) is 24.3 Å². The topological polar surface area (TPSA) is 0 Å². The van der Waals surface area contributed by atoms with Crippen LogP contribution in [0.2, 0.25) is 0 Å². The van der Waals surface area contributed by atoms with Crippen LogP contribution in [0.3, 0.4) is 0 Å². The van der Waals surface area contributed by atoms with Gasteiger partial charge in [0.1, 0.15) is 0 Å². The Labute approximate surface area is 108 Å². The number of allylic oxidation sites excluding steroid dienone is 3. The van der Waals surface area contributed by atoms with E-state index in [1.54, 1.807) is 13.0 Å². The summed E-state index contributed by atoms with van der Waals surface area (Å²) in [5.74, 6) is 0. The third-order valence-electron chi connectivity index (χ3n) is 1.62. The quantitative estimate of drug-likeness (QED) is 0.408. The Kier molecular flexibility index (Phi) is 21.1. The molecule has 15 heavy (non-hydrogen) atoms. The van der Waals surface area contributed by atoms with Gasteiger partial charge < -0.3 is 6.92 Å². The van der Waals surface area contributed by atoms with Gasteiger partial charge in [0, 0.05) is 0 Å². The molecule has 0 unspecified atom stereocenters. The molecule has 85 valence electrons. The van der Waals surface area contributed by atoms with Crippen molar-refractivity contribution in [1.82, 2.24) is 0 Å². The van der Waals surface area contributed by atoms with Crippen LogP contribution >= 0.6 is 0 Å². The van der Waals surface area contributed by atoms with Gasteiger partial charge >= 0.3 is 19.5 Å². The van der Waals surface area contributed by atoms with Crippen molar-refractivity contribution in [2.24, 2.45) is 0 Å². The summed E-state index contributed by atoms with van der Waals surface area (Å²) in [5.41, 5.74) is 2.78. The first-order valence-electron chi connectivity index (χ1n) is 4.78. The van der Waals surface area contributed by atoms with E-state index in [4.69, 9.17) is 6.58 Å². The van der Waals surface area contributed by atoms with E-state index in [2.05, 4.69) is 39.0 Å². The Morgan fingerprint density at radius 2 is 1.93 bits per heavy atom. The van der Waals surface area contributed by atoms with Crippen LogP contribution in [0.4, 0.5) is 0 Å². The molecule has 0 spiro atoms. The molecule has 0 aliphatic carbocycles. The fourth-order valence-corrected chi connectivity index (χ4v) is 0.711. The minimum Gasteiger partial charge on any atom is -0.346 e. The molecule has 1 aromatic rings. The molecule has 0 amide bonds. The molecule has 0 aliphatic heterocycles. The zero-order valence-electron chi connectivity index (χ0n) is 10.1. The van der Waals surface area contributed by atoms with Crippen LogP contribution in [0.1, 0.15) is 25.0 Å². The third kappa shape index (κ3) is 13.5. The van der Waals surface area contributed by atoms with Gasteiger partial charge in [-0.2, -0.15) is 30.2 Å². The molecule has 0 N–H and O–H groups in total. The van der Waals surface area contributed by atoms with E-state index >= 15 is 0 Å². The summed E-state index contributed by atoms with van der Waals surface area (Å²) in [6.45, 7) is 16.1. The summed E-state index contributed by atoms with van der Waals surface area (Å²) in [5, 5.41) is 0. The Morgan fingerprint density at radius 3 is 2.00 bits per heavy atom. The van der Waals surface area contributed by atoms with Crippen molar-refractivity contribution in [3.63, 3.8) is 0 Å². The maximum absolute atomic E-state index is 4.93. The second-order valence-corrected chi connectivity index (χ2v) is 2.61. The monoisotopic (exact) mass is 291 g/mol. The van der Waals surface area contributed by atoms with Crippen LogP contribution in [0.15, 0.2) is 36.4 Å². The van der Waals surface area contributed by atoms with Crippen molar-refractivity contribution in [1.29, 1.82) is 0 Å². The number of aryl methyl sites for hydroxylation is 2. The molecule has 0 heterocycles. The van der Waals surface area contributed by atoms with Crippen LogP contribution in [-0.2, 0) is 19.5 Å². The predicted octanol–water partition coefficient (Wildman–Crippen LogP) is 4.41. The molecular formula is C14H21Ru. The minimum atomic E-state index is 0. The first-order chi connectivity index (χ1) is 6.72. The summed E-state index contributed by atoms with van der Waals surface area (Å²) < 4.78 is 0. The van der Waals surface area contributed by atoms with Crippen LogP contribution in [0, 0.1) is 27.4 Å². The van der Waals surface area contributed by atoms with E-state index in [0.717, 1.165) is 0 Å². The van der Waals surface area contributed by atoms with E-state index in [1.165, 1.54) is 17.2 Å². The van der Waals surface area contributed by atoms with Crippen LogP contribution in [-0.4, -0.2) is 0 Å². The van der Waals surface area contributed by atoms with Gasteiger partial charge in [0.25, 0.3) is 0 Å². The van der Waals surface area contributed by atoms with Crippen molar-refractivity contribution in [2.75, 3.05) is 0 Å². The smallest absolute Gasteiger partial charge is 0.346 e. The molecular weight excluding hydrogens is 269 g/mol. The zero-order chi connectivity index (χ0) is 11.4. The van der Waals surface area contributed by atoms with Crippen LogP contribution < -0.4 is 0 Å². The van der Waals surface area contributed by atoms with Crippen molar-refractivity contribution >= 4 is 0 Å². The zero-order valence-corrected chi connectivity index (χ0v) is 11.8. The van der Waals surface area contributed by atoms with Gasteiger partial charge in [0.2, 0.25) is 0 Å². The molecule has 0 bridgehead atoms. The molecule has 0 fully saturated rings. The largest absolute Gasteiger partial charge is 3.00 e. The molecule has 0 atom stereocenters. The van der Waals surface area contributed by atoms with E-state index in [-0.39, 0.29) is 19.5 Å². The minimum absolute atomic E-state index is 0. The SMILES string of the molecule is Cc1ccc[c-]1C.[CH-]=CC=CC.[CH2-]C.[Ru+3]. The molecule has 1 radical (unpaired) electrons. The molecule has 0 aliphatic rings. The van der Waals surface area contributed by atoms with E-state index < -0.39 is 0 Å². The van der Waals surface area contributed by atoms with Gasteiger partial charge in [-0.3, -0.25) is 6.58 Å². The maximum atomic E-state index is 4.93. The van der Waals surface area contributed by atoms with Gasteiger partial charge in [-0.05, 0) is 0 Å². The first-order valence-corrected chi connectivity index (χ1v) is 4.78. The molecule has 0 saturated heterocycles. The standard InChI is InChI=1S/C7H9.C5H7.C2H5.Ru/c1-6-4-3-5-7(6)2;1-3-5-4-2;1-2;/h3-5H,1-2H3;1,3-5H,2H3;1H2,2H3;/q3*-1;+3. The van der Waals surface area contributed by atoms with Crippen molar-refractivity contribution < 1.29 is 19.5 Å². The fourth-order valence-electron chi connectivity index (χ4n) is 0.711. The Balaban J connectivity index is -0.000000162. The Morgan fingerprint density at radius 1 is 1.40 bits per heavy atom. The Bertz CT molecular complexity index is 227. The van der Waals surface area contributed by atoms with Crippen molar-refractivity contribution in [3.05, 3.63) is 61.1 Å². The molecule has 0 nitrogen and oxygen atoms in total. The molecule has 1 rings (SSSR count). The predicted molar refractivity (Wildman–Crippen MR) is 66.2 cm³/mol. The van der Waals surface area contributed by atoms with Crippen LogP contribution in [0.5, 0.6) is 0 Å². The molecule has 1 aromatic carbocycles. The second kappa shape index (κ2) is 15.9. The number of hydrogen-bond donors (Lipinski definition) is 0. The average Bonchev–Trinajstić information content (AvgIpc) is 2.57. The summed E-state index contributed by atoms with van der Waals surface area (Å²) in [6.07, 6.45) is 5.15. The molecule has 0 aromatic heterocycles.